The van der Waals surface area contributed by atoms with Crippen molar-refractivity contribution in [1.29, 1.82) is 0 Å². The molecule has 0 N–H and O–H groups in total. The smallest absolute Gasteiger partial charge is 0.122 e. The van der Waals surface area contributed by atoms with Gasteiger partial charge in [-0.05, 0) is 50.3 Å². The third-order valence-corrected chi connectivity index (χ3v) is 6.36. The molecule has 3 fully saturated rings. The Hall–Kier alpha value is -1.17. The van der Waals surface area contributed by atoms with Gasteiger partial charge in [0.2, 0.25) is 0 Å². The predicted molar refractivity (Wildman–Crippen MR) is 88.4 cm³/mol. The van der Waals surface area contributed by atoms with E-state index in [9.17, 15) is 0 Å². The summed E-state index contributed by atoms with van der Waals surface area (Å²) in [6.07, 6.45) is 7.36. The Morgan fingerprint density at radius 1 is 1.30 bits per heavy atom. The minimum Gasteiger partial charge on any atom is -0.468 e. The van der Waals surface area contributed by atoms with Gasteiger partial charge in [-0.2, -0.15) is 0 Å². The molecule has 2 aromatic heterocycles. The first-order valence-electron chi connectivity index (χ1n) is 8.70. The lowest BCUT2D eigenvalue weighted by Gasteiger charge is -2.33. The zero-order valence-electron chi connectivity index (χ0n) is 13.2. The molecule has 5 rings (SSSR count). The molecule has 0 unspecified atom stereocenters. The Morgan fingerprint density at radius 2 is 2.26 bits per heavy atom. The van der Waals surface area contributed by atoms with Gasteiger partial charge in [-0.15, -0.1) is 11.3 Å². The summed E-state index contributed by atoms with van der Waals surface area (Å²) in [5.41, 5.74) is 1.31. The van der Waals surface area contributed by atoms with Crippen LogP contribution in [0.1, 0.15) is 54.2 Å². The predicted octanol–water partition coefficient (Wildman–Crippen LogP) is 3.97. The van der Waals surface area contributed by atoms with E-state index in [2.05, 4.69) is 16.3 Å². The van der Waals surface area contributed by atoms with Gasteiger partial charge in [-0.1, -0.05) is 0 Å². The van der Waals surface area contributed by atoms with Gasteiger partial charge in [0, 0.05) is 17.8 Å². The minimum atomic E-state index is 0.228. The highest BCUT2D eigenvalue weighted by Crippen LogP contribution is 2.45. The van der Waals surface area contributed by atoms with Gasteiger partial charge in [0.15, 0.2) is 0 Å². The van der Waals surface area contributed by atoms with E-state index >= 15 is 0 Å². The van der Waals surface area contributed by atoms with Gasteiger partial charge >= 0.3 is 0 Å². The van der Waals surface area contributed by atoms with Crippen LogP contribution in [0.4, 0.5) is 0 Å². The van der Waals surface area contributed by atoms with Gasteiger partial charge in [-0.25, -0.2) is 4.98 Å². The van der Waals surface area contributed by atoms with Gasteiger partial charge in [-0.3, -0.25) is 4.90 Å². The zero-order valence-corrected chi connectivity index (χ0v) is 14.0. The molecule has 0 spiro atoms. The topological polar surface area (TPSA) is 38.5 Å². The van der Waals surface area contributed by atoms with E-state index in [1.54, 1.807) is 17.6 Å². The molecule has 2 saturated heterocycles. The molecule has 0 bridgehead atoms. The molecule has 0 amide bonds. The average Bonchev–Trinajstić information content (AvgIpc) is 2.99. The molecule has 0 aromatic carbocycles. The maximum Gasteiger partial charge on any atom is 0.122 e. The lowest BCUT2D eigenvalue weighted by atomic mass is 9.92. The summed E-state index contributed by atoms with van der Waals surface area (Å²) < 4.78 is 11.9. The van der Waals surface area contributed by atoms with Crippen LogP contribution >= 0.6 is 11.3 Å². The summed E-state index contributed by atoms with van der Waals surface area (Å²) in [6.45, 7) is 3.05. The maximum atomic E-state index is 6.39. The lowest BCUT2D eigenvalue weighted by Crippen LogP contribution is -2.41. The number of fused-ring (bicyclic) bond motifs is 1. The summed E-state index contributed by atoms with van der Waals surface area (Å²) >= 11 is 1.80. The van der Waals surface area contributed by atoms with E-state index < -0.39 is 0 Å². The molecule has 5 heteroatoms. The van der Waals surface area contributed by atoms with Gasteiger partial charge < -0.3 is 9.15 Å². The fraction of sp³-hybridized carbons (Fsp3) is 0.611. The van der Waals surface area contributed by atoms with Crippen LogP contribution in [-0.2, 0) is 11.3 Å². The molecule has 3 atom stereocenters. The number of hydrogen-bond donors (Lipinski definition) is 0. The van der Waals surface area contributed by atoms with E-state index in [4.69, 9.17) is 14.1 Å². The summed E-state index contributed by atoms with van der Waals surface area (Å²) in [5, 5.41) is 3.46. The number of ether oxygens (including phenoxy) is 1. The summed E-state index contributed by atoms with van der Waals surface area (Å²) in [6, 6.07) is 4.02. The third-order valence-electron chi connectivity index (χ3n) is 5.41. The Bertz CT molecular complexity index is 664. The van der Waals surface area contributed by atoms with Crippen LogP contribution in [0, 0.1) is 5.92 Å². The molecule has 1 aliphatic carbocycles. The van der Waals surface area contributed by atoms with Crippen molar-refractivity contribution in [2.24, 2.45) is 5.92 Å². The van der Waals surface area contributed by atoms with Gasteiger partial charge in [0.1, 0.15) is 16.9 Å². The monoisotopic (exact) mass is 330 g/mol. The van der Waals surface area contributed by atoms with Crippen LogP contribution in [0.15, 0.2) is 28.2 Å². The second-order valence-electron chi connectivity index (χ2n) is 7.15. The molecule has 4 heterocycles. The SMILES string of the molecule is c1coc(CN2CC[C@H]3C[C@H](c4nc(C5CC5)cs4)O[C@@H]3C2)c1. The van der Waals surface area contributed by atoms with Crippen molar-refractivity contribution in [3.05, 3.63) is 40.2 Å². The Morgan fingerprint density at radius 3 is 3.09 bits per heavy atom. The first-order chi connectivity index (χ1) is 11.3. The van der Waals surface area contributed by atoms with Crippen molar-refractivity contribution < 1.29 is 9.15 Å². The van der Waals surface area contributed by atoms with Crippen molar-refractivity contribution >= 4 is 11.3 Å². The molecular formula is C18H22N2O2S. The van der Waals surface area contributed by atoms with Crippen molar-refractivity contribution in [2.45, 2.75) is 50.4 Å². The van der Waals surface area contributed by atoms with Crippen molar-refractivity contribution in [3.8, 4) is 0 Å². The standard InChI is InChI=1S/C18H22N2O2S/c1-2-14(21-7-1)9-20-6-5-13-8-16(22-17(13)10-20)18-19-15(11-23-18)12-3-4-12/h1-2,7,11-13,16-17H,3-6,8-10H2/t13-,16+,17+/m0/s1. The largest absolute Gasteiger partial charge is 0.468 e. The zero-order chi connectivity index (χ0) is 15.2. The third kappa shape index (κ3) is 2.86. The molecule has 1 saturated carbocycles. The van der Waals surface area contributed by atoms with Gasteiger partial charge in [0.05, 0.1) is 24.6 Å². The minimum absolute atomic E-state index is 0.228. The number of nitrogens with zero attached hydrogens (tertiary/aromatic N) is 2. The number of rotatable bonds is 4. The van der Waals surface area contributed by atoms with E-state index in [-0.39, 0.29) is 6.10 Å². The normalized spacial score (nSPS) is 31.4. The molecule has 2 aromatic rings. The van der Waals surface area contributed by atoms with E-state index in [0.717, 1.165) is 37.7 Å². The molecular weight excluding hydrogens is 308 g/mol. The lowest BCUT2D eigenvalue weighted by molar-refractivity contribution is -0.0108. The summed E-state index contributed by atoms with van der Waals surface area (Å²) in [5.74, 6) is 2.49. The highest BCUT2D eigenvalue weighted by molar-refractivity contribution is 7.09. The molecule has 0 radical (unpaired) electrons. The van der Waals surface area contributed by atoms with Crippen molar-refractivity contribution in [3.63, 3.8) is 0 Å². The number of aromatic nitrogens is 1. The number of thiazole rings is 1. The van der Waals surface area contributed by atoms with E-state index in [1.165, 1.54) is 30.0 Å². The maximum absolute atomic E-state index is 6.39. The first kappa shape index (κ1) is 14.2. The Kier molecular flexibility index (Phi) is 3.53. The van der Waals surface area contributed by atoms with Crippen molar-refractivity contribution in [1.82, 2.24) is 9.88 Å². The van der Waals surface area contributed by atoms with Crippen LogP contribution in [0.25, 0.3) is 0 Å². The fourth-order valence-corrected chi connectivity index (χ4v) is 4.88. The molecule has 4 nitrogen and oxygen atoms in total. The van der Waals surface area contributed by atoms with E-state index in [0.29, 0.717) is 12.0 Å². The number of piperidine rings is 1. The second kappa shape index (κ2) is 5.72. The molecule has 122 valence electrons. The van der Waals surface area contributed by atoms with Crippen LogP contribution in [0.2, 0.25) is 0 Å². The Labute approximate surface area is 140 Å². The molecule has 2 aliphatic heterocycles. The second-order valence-corrected chi connectivity index (χ2v) is 8.04. The van der Waals surface area contributed by atoms with Crippen LogP contribution < -0.4 is 0 Å². The van der Waals surface area contributed by atoms with Crippen LogP contribution in [0.5, 0.6) is 0 Å². The van der Waals surface area contributed by atoms with Crippen LogP contribution in [-0.4, -0.2) is 29.1 Å². The number of likely N-dealkylation sites (tertiary alicyclic amines) is 1. The number of furan rings is 1. The van der Waals surface area contributed by atoms with Crippen LogP contribution in [0.3, 0.4) is 0 Å². The molecule has 23 heavy (non-hydrogen) atoms. The van der Waals surface area contributed by atoms with E-state index in [1.807, 2.05) is 6.07 Å². The summed E-state index contributed by atoms with van der Waals surface area (Å²) in [4.78, 5) is 7.32. The Balaban J connectivity index is 1.23. The average molecular weight is 330 g/mol. The fourth-order valence-electron chi connectivity index (χ4n) is 3.94. The first-order valence-corrected chi connectivity index (χ1v) is 9.58. The molecule has 3 aliphatic rings. The van der Waals surface area contributed by atoms with Gasteiger partial charge in [0.25, 0.3) is 0 Å². The number of hydrogen-bond acceptors (Lipinski definition) is 5. The highest BCUT2D eigenvalue weighted by Gasteiger charge is 2.41. The quantitative estimate of drug-likeness (QED) is 0.850. The highest BCUT2D eigenvalue weighted by atomic mass is 32.1. The summed E-state index contributed by atoms with van der Waals surface area (Å²) in [7, 11) is 0. The van der Waals surface area contributed by atoms with Crippen molar-refractivity contribution in [2.75, 3.05) is 13.1 Å².